The number of ether oxygens (including phenoxy) is 1. The van der Waals surface area contributed by atoms with Crippen LogP contribution in [0.3, 0.4) is 0 Å². The molecule has 0 saturated carbocycles. The molecule has 0 aliphatic carbocycles. The maximum atomic E-state index is 13.8. The van der Waals surface area contributed by atoms with Crippen LogP contribution in [0.15, 0.2) is 53.9 Å². The van der Waals surface area contributed by atoms with Gasteiger partial charge in [0.25, 0.3) is 0 Å². The molecular weight excluding hydrogens is 370 g/mol. The van der Waals surface area contributed by atoms with E-state index < -0.39 is 6.04 Å². The lowest BCUT2D eigenvalue weighted by Crippen LogP contribution is -2.28. The number of carbonyl (C=O) groups is 1. The van der Waals surface area contributed by atoms with E-state index >= 15 is 0 Å². The van der Waals surface area contributed by atoms with Crippen molar-refractivity contribution >= 4 is 17.2 Å². The second-order valence-corrected chi connectivity index (χ2v) is 6.91. The second-order valence-electron chi connectivity index (χ2n) is 5.96. The number of hydrogen-bond acceptors (Lipinski definition) is 4. The zero-order valence-corrected chi connectivity index (χ0v) is 15.4. The van der Waals surface area contributed by atoms with Gasteiger partial charge in [-0.25, -0.2) is 13.8 Å². The molecule has 0 spiro atoms. The number of amides is 1. The zero-order valence-electron chi connectivity index (χ0n) is 14.6. The van der Waals surface area contributed by atoms with Gasteiger partial charge >= 0.3 is 0 Å². The molecule has 0 aliphatic heterocycles. The van der Waals surface area contributed by atoms with Crippen LogP contribution in [0.2, 0.25) is 0 Å². The first kappa shape index (κ1) is 19.0. The van der Waals surface area contributed by atoms with E-state index in [9.17, 15) is 13.6 Å². The molecule has 1 atom stereocenters. The van der Waals surface area contributed by atoms with Crippen molar-refractivity contribution in [3.63, 3.8) is 0 Å². The molecule has 3 aromatic rings. The largest absolute Gasteiger partial charge is 0.486 e. The first-order valence-electron chi connectivity index (χ1n) is 8.36. The minimum Gasteiger partial charge on any atom is -0.486 e. The summed E-state index contributed by atoms with van der Waals surface area (Å²) in [6.07, 6.45) is 0.103. The summed E-state index contributed by atoms with van der Waals surface area (Å²) in [6, 6.07) is 11.7. The molecule has 7 heteroatoms. The van der Waals surface area contributed by atoms with Crippen molar-refractivity contribution in [2.24, 2.45) is 0 Å². The van der Waals surface area contributed by atoms with Crippen LogP contribution in [0.5, 0.6) is 5.75 Å². The fourth-order valence-corrected chi connectivity index (χ4v) is 3.24. The smallest absolute Gasteiger partial charge is 0.226 e. The van der Waals surface area contributed by atoms with Gasteiger partial charge in [-0.1, -0.05) is 18.2 Å². The fourth-order valence-electron chi connectivity index (χ4n) is 2.53. The summed E-state index contributed by atoms with van der Waals surface area (Å²) < 4.78 is 32.2. The van der Waals surface area contributed by atoms with Crippen molar-refractivity contribution in [3.05, 3.63) is 81.8 Å². The van der Waals surface area contributed by atoms with Crippen molar-refractivity contribution in [2.75, 3.05) is 0 Å². The van der Waals surface area contributed by atoms with E-state index in [-0.39, 0.29) is 30.6 Å². The normalized spacial score (nSPS) is 11.8. The number of nitrogens with zero attached hydrogens (tertiary/aromatic N) is 1. The predicted octanol–water partition coefficient (Wildman–Crippen LogP) is 4.42. The summed E-state index contributed by atoms with van der Waals surface area (Å²) in [6.45, 7) is 1.98. The summed E-state index contributed by atoms with van der Waals surface area (Å²) >= 11 is 1.38. The van der Waals surface area contributed by atoms with Crippen molar-refractivity contribution in [2.45, 2.75) is 26.0 Å². The Balaban J connectivity index is 1.51. The second kappa shape index (κ2) is 8.73. The average Bonchev–Trinajstić information content (AvgIpc) is 3.08. The Hall–Kier alpha value is -2.80. The Labute approximate surface area is 159 Å². The lowest BCUT2D eigenvalue weighted by Gasteiger charge is -2.14. The van der Waals surface area contributed by atoms with Gasteiger partial charge in [0.1, 0.15) is 29.0 Å². The number of aromatic nitrogens is 1. The molecule has 1 heterocycles. The quantitative estimate of drug-likeness (QED) is 0.652. The van der Waals surface area contributed by atoms with Crippen LogP contribution in [-0.4, -0.2) is 10.9 Å². The Kier molecular flexibility index (Phi) is 6.13. The van der Waals surface area contributed by atoms with Gasteiger partial charge < -0.3 is 10.1 Å². The maximum Gasteiger partial charge on any atom is 0.226 e. The van der Waals surface area contributed by atoms with Crippen LogP contribution in [0.25, 0.3) is 0 Å². The topological polar surface area (TPSA) is 51.2 Å². The zero-order chi connectivity index (χ0) is 19.2. The van der Waals surface area contributed by atoms with E-state index in [4.69, 9.17) is 4.74 Å². The molecule has 1 amide bonds. The number of thiazole rings is 1. The van der Waals surface area contributed by atoms with Gasteiger partial charge in [0.05, 0.1) is 18.2 Å². The molecule has 0 fully saturated rings. The lowest BCUT2D eigenvalue weighted by atomic mass is 10.1. The van der Waals surface area contributed by atoms with Gasteiger partial charge in [0, 0.05) is 10.9 Å². The molecule has 0 aliphatic rings. The SMILES string of the molecule is CC(NC(=O)Cc1csc(COc2ccc(F)cc2)n1)c1ccccc1F. The van der Waals surface area contributed by atoms with E-state index in [1.165, 1.54) is 29.5 Å². The molecule has 1 unspecified atom stereocenters. The van der Waals surface area contributed by atoms with Gasteiger partial charge in [0.2, 0.25) is 5.91 Å². The fraction of sp³-hybridized carbons (Fsp3) is 0.200. The highest BCUT2D eigenvalue weighted by atomic mass is 32.1. The van der Waals surface area contributed by atoms with Crippen LogP contribution in [0.1, 0.15) is 29.2 Å². The summed E-state index contributed by atoms with van der Waals surface area (Å²) in [7, 11) is 0. The minimum absolute atomic E-state index is 0.103. The molecule has 0 saturated heterocycles. The molecule has 140 valence electrons. The van der Waals surface area contributed by atoms with Crippen molar-refractivity contribution in [1.29, 1.82) is 0 Å². The van der Waals surface area contributed by atoms with E-state index in [1.807, 2.05) is 0 Å². The highest BCUT2D eigenvalue weighted by Gasteiger charge is 2.14. The minimum atomic E-state index is -0.432. The number of carbonyl (C=O) groups excluding carboxylic acids is 1. The highest BCUT2D eigenvalue weighted by Crippen LogP contribution is 2.18. The standard InChI is InChI=1S/C20H18F2N2O2S/c1-13(17-4-2-3-5-18(17)22)23-19(25)10-15-12-27-20(24-15)11-26-16-8-6-14(21)7-9-16/h2-9,12-13H,10-11H2,1H3,(H,23,25). The molecule has 0 bridgehead atoms. The van der Waals surface area contributed by atoms with E-state index in [1.54, 1.807) is 42.6 Å². The first-order chi connectivity index (χ1) is 13.0. The summed E-state index contributed by atoms with van der Waals surface area (Å²) in [5.74, 6) is -0.361. The van der Waals surface area contributed by atoms with Crippen LogP contribution in [0, 0.1) is 11.6 Å². The Morgan fingerprint density at radius 1 is 1.19 bits per heavy atom. The van der Waals surface area contributed by atoms with Gasteiger partial charge in [-0.3, -0.25) is 4.79 Å². The van der Waals surface area contributed by atoms with Gasteiger partial charge in [-0.05, 0) is 37.3 Å². The van der Waals surface area contributed by atoms with E-state index in [2.05, 4.69) is 10.3 Å². The summed E-state index contributed by atoms with van der Waals surface area (Å²) in [5, 5.41) is 5.28. The third-order valence-electron chi connectivity index (χ3n) is 3.87. The number of benzene rings is 2. The molecule has 2 aromatic carbocycles. The van der Waals surface area contributed by atoms with Crippen LogP contribution in [0.4, 0.5) is 8.78 Å². The molecule has 1 aromatic heterocycles. The third-order valence-corrected chi connectivity index (χ3v) is 4.74. The van der Waals surface area contributed by atoms with Gasteiger partial charge in [-0.15, -0.1) is 11.3 Å². The third kappa shape index (κ3) is 5.34. The van der Waals surface area contributed by atoms with Crippen molar-refractivity contribution in [1.82, 2.24) is 10.3 Å². The highest BCUT2D eigenvalue weighted by molar-refractivity contribution is 7.09. The summed E-state index contributed by atoms with van der Waals surface area (Å²) in [4.78, 5) is 16.6. The Morgan fingerprint density at radius 3 is 2.67 bits per heavy atom. The first-order valence-corrected chi connectivity index (χ1v) is 9.24. The van der Waals surface area contributed by atoms with Gasteiger partial charge in [0.15, 0.2) is 0 Å². The van der Waals surface area contributed by atoms with Gasteiger partial charge in [-0.2, -0.15) is 0 Å². The molecular formula is C20H18F2N2O2S. The van der Waals surface area contributed by atoms with Crippen molar-refractivity contribution < 1.29 is 18.3 Å². The molecule has 4 nitrogen and oxygen atoms in total. The van der Waals surface area contributed by atoms with E-state index in [0.717, 1.165) is 0 Å². The lowest BCUT2D eigenvalue weighted by molar-refractivity contribution is -0.121. The number of rotatable bonds is 7. The Morgan fingerprint density at radius 2 is 1.93 bits per heavy atom. The van der Waals surface area contributed by atoms with Crippen LogP contribution in [-0.2, 0) is 17.8 Å². The summed E-state index contributed by atoms with van der Waals surface area (Å²) in [5.41, 5.74) is 1.06. The number of nitrogens with one attached hydrogen (secondary N) is 1. The molecule has 27 heavy (non-hydrogen) atoms. The monoisotopic (exact) mass is 388 g/mol. The van der Waals surface area contributed by atoms with Crippen LogP contribution < -0.4 is 10.1 Å². The molecule has 0 radical (unpaired) electrons. The predicted molar refractivity (Wildman–Crippen MR) is 99.5 cm³/mol. The van der Waals surface area contributed by atoms with Crippen molar-refractivity contribution in [3.8, 4) is 5.75 Å². The number of hydrogen-bond donors (Lipinski definition) is 1. The van der Waals surface area contributed by atoms with E-state index in [0.29, 0.717) is 22.0 Å². The molecule has 3 rings (SSSR count). The Bertz CT molecular complexity index is 912. The molecule has 1 N–H and O–H groups in total. The maximum absolute atomic E-state index is 13.8. The number of halogens is 2. The average molecular weight is 388 g/mol. The van der Waals surface area contributed by atoms with Crippen LogP contribution >= 0.6 is 11.3 Å².